The van der Waals surface area contributed by atoms with Gasteiger partial charge < -0.3 is 23.5 Å². The number of para-hydroxylation sites is 1. The van der Waals surface area contributed by atoms with E-state index in [0.717, 1.165) is 5.56 Å². The number of ether oxygens (including phenoxy) is 3. The SMILES string of the molecule is COc1cccc(OC)c1-n1c(CS(=O)(=O)[C@H]2C[C@H](c3ccc(F)cc3)CN(C(=O)OC(C)(C)C)C2)nnc1-c1ccco1. The highest BCUT2D eigenvalue weighted by atomic mass is 32.2. The second kappa shape index (κ2) is 12.3. The molecule has 1 fully saturated rings. The van der Waals surface area contributed by atoms with Crippen LogP contribution in [0.5, 0.6) is 11.5 Å². The Bertz CT molecular complexity index is 1690. The average molecular weight is 627 g/mol. The molecule has 0 spiro atoms. The van der Waals surface area contributed by atoms with E-state index in [2.05, 4.69) is 10.2 Å². The fourth-order valence-corrected chi connectivity index (χ4v) is 7.04. The normalized spacial score (nSPS) is 17.4. The van der Waals surface area contributed by atoms with Crippen LogP contribution in [-0.4, -0.2) is 72.3 Å². The Hall–Kier alpha value is -4.39. The summed E-state index contributed by atoms with van der Waals surface area (Å²) in [5, 5.41) is 7.60. The van der Waals surface area contributed by atoms with Gasteiger partial charge in [-0.2, -0.15) is 0 Å². The van der Waals surface area contributed by atoms with Gasteiger partial charge in [0.05, 0.1) is 25.7 Å². The molecule has 0 aliphatic carbocycles. The number of piperidine rings is 1. The van der Waals surface area contributed by atoms with Crippen LogP contribution >= 0.6 is 0 Å². The maximum atomic E-state index is 14.2. The molecule has 1 aliphatic heterocycles. The van der Waals surface area contributed by atoms with Crippen molar-refractivity contribution in [3.05, 3.63) is 78.1 Å². The third-order valence-corrected chi connectivity index (χ3v) is 9.36. The molecular formula is C31H35FN4O7S. The fraction of sp³-hybridized carbons (Fsp3) is 0.387. The molecule has 5 rings (SSSR count). The quantitative estimate of drug-likeness (QED) is 0.253. The van der Waals surface area contributed by atoms with E-state index >= 15 is 0 Å². The number of hydrogen-bond acceptors (Lipinski definition) is 9. The number of amides is 1. The van der Waals surface area contributed by atoms with Gasteiger partial charge in [0.15, 0.2) is 21.4 Å². The predicted molar refractivity (Wildman–Crippen MR) is 160 cm³/mol. The summed E-state index contributed by atoms with van der Waals surface area (Å²) >= 11 is 0. The average Bonchev–Trinajstić information content (AvgIpc) is 3.66. The summed E-state index contributed by atoms with van der Waals surface area (Å²) in [5.74, 6) is 0.239. The van der Waals surface area contributed by atoms with Crippen LogP contribution in [0, 0.1) is 5.82 Å². The molecule has 4 aromatic rings. The predicted octanol–water partition coefficient (Wildman–Crippen LogP) is 5.39. The largest absolute Gasteiger partial charge is 0.494 e. The minimum Gasteiger partial charge on any atom is -0.494 e. The minimum atomic E-state index is -3.98. The number of aromatic nitrogens is 3. The van der Waals surface area contributed by atoms with Gasteiger partial charge >= 0.3 is 6.09 Å². The first-order chi connectivity index (χ1) is 20.9. The number of halogens is 1. The van der Waals surface area contributed by atoms with Gasteiger partial charge in [-0.1, -0.05) is 18.2 Å². The standard InChI is InChI=1S/C31H35FN4O7S/c1-31(2,3)43-30(37)35-17-21(20-11-13-22(32)14-12-20)16-23(18-35)44(38,39)19-27-33-34-29(26-10-7-15-42-26)36(27)28-24(40-4)8-6-9-25(28)41-5/h6-15,21,23H,16-19H2,1-5H3/t21-,23-/m0/s1. The van der Waals surface area contributed by atoms with Gasteiger partial charge in [-0.3, -0.25) is 4.57 Å². The van der Waals surface area contributed by atoms with Crippen molar-refractivity contribution in [1.82, 2.24) is 19.7 Å². The molecule has 2 aromatic carbocycles. The molecule has 234 valence electrons. The van der Waals surface area contributed by atoms with Crippen molar-refractivity contribution in [2.75, 3.05) is 27.3 Å². The molecule has 13 heteroatoms. The lowest BCUT2D eigenvalue weighted by atomic mass is 9.90. The van der Waals surface area contributed by atoms with Crippen molar-refractivity contribution in [2.45, 2.75) is 49.7 Å². The number of furan rings is 1. The van der Waals surface area contributed by atoms with Crippen LogP contribution in [-0.2, 0) is 20.3 Å². The third kappa shape index (κ3) is 6.57. The summed E-state index contributed by atoms with van der Waals surface area (Å²) < 4.78 is 66.2. The molecule has 1 saturated heterocycles. The first-order valence-corrected chi connectivity index (χ1v) is 15.8. The Morgan fingerprint density at radius 3 is 2.27 bits per heavy atom. The molecule has 1 aliphatic rings. The number of likely N-dealkylation sites (tertiary alicyclic amines) is 1. The van der Waals surface area contributed by atoms with E-state index in [9.17, 15) is 17.6 Å². The summed E-state index contributed by atoms with van der Waals surface area (Å²) in [5.41, 5.74) is 0.352. The van der Waals surface area contributed by atoms with Crippen LogP contribution in [0.1, 0.15) is 44.5 Å². The lowest BCUT2D eigenvalue weighted by molar-refractivity contribution is 0.0201. The number of rotatable bonds is 8. The van der Waals surface area contributed by atoms with Gasteiger partial charge in [0, 0.05) is 19.0 Å². The maximum absolute atomic E-state index is 14.2. The van der Waals surface area contributed by atoms with Crippen molar-refractivity contribution in [3.8, 4) is 28.8 Å². The highest BCUT2D eigenvalue weighted by Gasteiger charge is 2.40. The van der Waals surface area contributed by atoms with Crippen LogP contribution in [0.4, 0.5) is 9.18 Å². The Morgan fingerprint density at radius 1 is 1.00 bits per heavy atom. The molecule has 0 radical (unpaired) electrons. The van der Waals surface area contributed by atoms with Crippen LogP contribution in [0.2, 0.25) is 0 Å². The third-order valence-electron chi connectivity index (χ3n) is 7.34. The van der Waals surface area contributed by atoms with Gasteiger partial charge in [-0.25, -0.2) is 17.6 Å². The van der Waals surface area contributed by atoms with Crippen molar-refractivity contribution < 1.29 is 36.2 Å². The number of carbonyl (C=O) groups excluding carboxylic acids is 1. The van der Waals surface area contributed by atoms with E-state index in [1.807, 2.05) is 0 Å². The number of nitrogens with zero attached hydrogens (tertiary/aromatic N) is 4. The molecule has 3 heterocycles. The van der Waals surface area contributed by atoms with Gasteiger partial charge in [-0.05, 0) is 69.2 Å². The summed E-state index contributed by atoms with van der Waals surface area (Å²) in [6, 6.07) is 14.4. The lowest BCUT2D eigenvalue weighted by Gasteiger charge is -2.38. The minimum absolute atomic E-state index is 0.0773. The molecule has 11 nitrogen and oxygen atoms in total. The van der Waals surface area contributed by atoms with E-state index in [0.29, 0.717) is 22.9 Å². The number of hydrogen-bond donors (Lipinski definition) is 0. The summed E-state index contributed by atoms with van der Waals surface area (Å²) in [6.07, 6.45) is 1.07. The number of benzene rings is 2. The van der Waals surface area contributed by atoms with Crippen LogP contribution < -0.4 is 9.47 Å². The fourth-order valence-electron chi connectivity index (χ4n) is 5.33. The summed E-state index contributed by atoms with van der Waals surface area (Å²) in [4.78, 5) is 14.6. The highest BCUT2D eigenvalue weighted by Crippen LogP contribution is 2.38. The molecule has 0 bridgehead atoms. The smallest absolute Gasteiger partial charge is 0.410 e. The van der Waals surface area contributed by atoms with E-state index < -0.39 is 38.4 Å². The summed E-state index contributed by atoms with van der Waals surface area (Å²) in [6.45, 7) is 5.39. The Kier molecular flexibility index (Phi) is 8.69. The number of methoxy groups -OCH3 is 2. The Labute approximate surface area is 255 Å². The van der Waals surface area contributed by atoms with Gasteiger partial charge in [0.25, 0.3) is 0 Å². The van der Waals surface area contributed by atoms with Crippen molar-refractivity contribution >= 4 is 15.9 Å². The molecule has 44 heavy (non-hydrogen) atoms. The first-order valence-electron chi connectivity index (χ1n) is 14.0. The zero-order valence-electron chi connectivity index (χ0n) is 25.2. The topological polar surface area (TPSA) is 126 Å². The summed E-state index contributed by atoms with van der Waals surface area (Å²) in [7, 11) is -0.991. The lowest BCUT2D eigenvalue weighted by Crippen LogP contribution is -2.49. The Morgan fingerprint density at radius 2 is 1.68 bits per heavy atom. The zero-order valence-corrected chi connectivity index (χ0v) is 26.0. The molecule has 0 unspecified atom stereocenters. The van der Waals surface area contributed by atoms with Crippen molar-refractivity contribution in [1.29, 1.82) is 0 Å². The van der Waals surface area contributed by atoms with Gasteiger partial charge in [-0.15, -0.1) is 10.2 Å². The maximum Gasteiger partial charge on any atom is 0.410 e. The van der Waals surface area contributed by atoms with E-state index in [1.165, 1.54) is 37.5 Å². The zero-order chi connectivity index (χ0) is 31.6. The van der Waals surface area contributed by atoms with Crippen molar-refractivity contribution in [3.63, 3.8) is 0 Å². The second-order valence-electron chi connectivity index (χ2n) is 11.6. The Balaban J connectivity index is 1.55. The molecule has 0 N–H and O–H groups in total. The van der Waals surface area contributed by atoms with Crippen LogP contribution in [0.15, 0.2) is 65.3 Å². The van der Waals surface area contributed by atoms with Crippen molar-refractivity contribution in [2.24, 2.45) is 0 Å². The molecule has 2 aromatic heterocycles. The highest BCUT2D eigenvalue weighted by molar-refractivity contribution is 7.91. The van der Waals surface area contributed by atoms with E-state index in [4.69, 9.17) is 18.6 Å². The second-order valence-corrected chi connectivity index (χ2v) is 13.8. The molecule has 1 amide bonds. The molecular weight excluding hydrogens is 591 g/mol. The number of carbonyl (C=O) groups is 1. The first kappa shape index (κ1) is 31.0. The van der Waals surface area contributed by atoms with Gasteiger partial charge in [0.1, 0.15) is 34.4 Å². The van der Waals surface area contributed by atoms with Crippen LogP contribution in [0.25, 0.3) is 17.3 Å². The van der Waals surface area contributed by atoms with E-state index in [-0.39, 0.29) is 37.1 Å². The number of sulfone groups is 1. The van der Waals surface area contributed by atoms with Gasteiger partial charge in [0.2, 0.25) is 5.82 Å². The monoisotopic (exact) mass is 626 g/mol. The molecule has 0 saturated carbocycles. The molecule has 2 atom stereocenters. The van der Waals surface area contributed by atoms with E-state index in [1.54, 1.807) is 67.8 Å². The van der Waals surface area contributed by atoms with Crippen LogP contribution in [0.3, 0.4) is 0 Å².